The van der Waals surface area contributed by atoms with Crippen LogP contribution >= 0.6 is 0 Å². The molecule has 2 unspecified atom stereocenters. The molecule has 3 rings (SSSR count). The number of fused-ring (bicyclic) bond motifs is 1. The van der Waals surface area contributed by atoms with Crippen molar-refractivity contribution >= 4 is 5.78 Å². The number of aromatic nitrogens is 2. The summed E-state index contributed by atoms with van der Waals surface area (Å²) >= 11 is 0. The Labute approximate surface area is 95.8 Å². The van der Waals surface area contributed by atoms with Crippen LogP contribution in [-0.2, 0) is 18.3 Å². The summed E-state index contributed by atoms with van der Waals surface area (Å²) in [6.45, 7) is 0. The van der Waals surface area contributed by atoms with E-state index in [4.69, 9.17) is 0 Å². The zero-order valence-corrected chi connectivity index (χ0v) is 9.72. The minimum atomic E-state index is 0.379. The van der Waals surface area contributed by atoms with E-state index < -0.39 is 0 Å². The maximum atomic E-state index is 12.1. The standard InChI is InChI=1S/C13H18N2O/c1-15-7-6-9(14-15)8-12(16)13-10-4-2-3-5-11(10)13/h6-7,10-11,13H,2-5,8H2,1H3. The fourth-order valence-corrected chi connectivity index (χ4v) is 3.32. The van der Waals surface area contributed by atoms with E-state index in [9.17, 15) is 4.79 Å². The smallest absolute Gasteiger partial charge is 0.142 e. The van der Waals surface area contributed by atoms with Crippen molar-refractivity contribution in [2.24, 2.45) is 24.8 Å². The van der Waals surface area contributed by atoms with Crippen LogP contribution in [0.5, 0.6) is 0 Å². The topological polar surface area (TPSA) is 34.9 Å². The fourth-order valence-electron chi connectivity index (χ4n) is 3.32. The molecule has 1 aromatic heterocycles. The Hall–Kier alpha value is -1.12. The lowest BCUT2D eigenvalue weighted by Gasteiger charge is -2.04. The van der Waals surface area contributed by atoms with E-state index in [0.29, 0.717) is 18.1 Å². The number of aryl methyl sites for hydroxylation is 1. The maximum Gasteiger partial charge on any atom is 0.142 e. The van der Waals surface area contributed by atoms with Crippen LogP contribution in [0.4, 0.5) is 0 Å². The molecule has 0 spiro atoms. The predicted octanol–water partition coefficient (Wildman–Crippen LogP) is 1.97. The molecular weight excluding hydrogens is 200 g/mol. The van der Waals surface area contributed by atoms with Crippen molar-refractivity contribution in [3.8, 4) is 0 Å². The second kappa shape index (κ2) is 3.72. The summed E-state index contributed by atoms with van der Waals surface area (Å²) in [6, 6.07) is 1.95. The van der Waals surface area contributed by atoms with Crippen LogP contribution in [0.2, 0.25) is 0 Å². The summed E-state index contributed by atoms with van der Waals surface area (Å²) in [6.07, 6.45) is 7.66. The molecule has 86 valence electrons. The molecule has 0 amide bonds. The Kier molecular flexibility index (Phi) is 2.34. The van der Waals surface area contributed by atoms with Gasteiger partial charge in [0.2, 0.25) is 0 Å². The monoisotopic (exact) mass is 218 g/mol. The van der Waals surface area contributed by atoms with Crippen LogP contribution < -0.4 is 0 Å². The molecule has 0 radical (unpaired) electrons. The van der Waals surface area contributed by atoms with Crippen molar-refractivity contribution in [1.82, 2.24) is 9.78 Å². The molecule has 0 N–H and O–H groups in total. The Morgan fingerprint density at radius 1 is 1.44 bits per heavy atom. The van der Waals surface area contributed by atoms with Gasteiger partial charge >= 0.3 is 0 Å². The van der Waals surface area contributed by atoms with E-state index in [1.165, 1.54) is 25.7 Å². The van der Waals surface area contributed by atoms with Gasteiger partial charge in [-0.25, -0.2) is 0 Å². The van der Waals surface area contributed by atoms with Gasteiger partial charge in [0, 0.05) is 19.2 Å². The van der Waals surface area contributed by atoms with Gasteiger partial charge in [0.1, 0.15) is 5.78 Å². The van der Waals surface area contributed by atoms with Gasteiger partial charge in [-0.1, -0.05) is 12.8 Å². The number of carbonyl (C=O) groups excluding carboxylic acids is 1. The van der Waals surface area contributed by atoms with Gasteiger partial charge in [-0.05, 0) is 30.7 Å². The SMILES string of the molecule is Cn1ccc(CC(=O)C2C3CCCCC32)n1. The number of carbonyl (C=O) groups is 1. The molecule has 0 aliphatic heterocycles. The molecule has 16 heavy (non-hydrogen) atoms. The minimum absolute atomic E-state index is 0.379. The molecule has 3 heteroatoms. The summed E-state index contributed by atoms with van der Waals surface area (Å²) in [5.41, 5.74) is 0.927. The van der Waals surface area contributed by atoms with E-state index in [0.717, 1.165) is 17.5 Å². The first kappa shape index (κ1) is 10.1. The molecule has 2 aliphatic rings. The number of rotatable bonds is 3. The number of Topliss-reactive ketones (excluding diaryl/α,β-unsaturated/α-hetero) is 1. The zero-order valence-electron chi connectivity index (χ0n) is 9.72. The van der Waals surface area contributed by atoms with E-state index >= 15 is 0 Å². The lowest BCUT2D eigenvalue weighted by Crippen LogP contribution is -2.08. The van der Waals surface area contributed by atoms with E-state index in [1.807, 2.05) is 19.3 Å². The highest BCUT2D eigenvalue weighted by atomic mass is 16.1. The van der Waals surface area contributed by atoms with Crippen molar-refractivity contribution in [1.29, 1.82) is 0 Å². The second-order valence-corrected chi connectivity index (χ2v) is 5.26. The molecule has 2 saturated carbocycles. The molecule has 0 saturated heterocycles. The van der Waals surface area contributed by atoms with Gasteiger partial charge in [-0.15, -0.1) is 0 Å². The van der Waals surface area contributed by atoms with Crippen LogP contribution in [0.3, 0.4) is 0 Å². The molecule has 1 aromatic rings. The first-order valence-corrected chi connectivity index (χ1v) is 6.27. The van der Waals surface area contributed by atoms with Gasteiger partial charge in [0.05, 0.1) is 12.1 Å². The highest BCUT2D eigenvalue weighted by Crippen LogP contribution is 2.55. The van der Waals surface area contributed by atoms with Crippen LogP contribution in [-0.4, -0.2) is 15.6 Å². The van der Waals surface area contributed by atoms with Crippen LogP contribution in [0, 0.1) is 17.8 Å². The summed E-state index contributed by atoms with van der Waals surface area (Å²) in [4.78, 5) is 12.1. The molecule has 2 aliphatic carbocycles. The van der Waals surface area contributed by atoms with Crippen molar-refractivity contribution < 1.29 is 4.79 Å². The summed E-state index contributed by atoms with van der Waals surface area (Å²) in [7, 11) is 1.89. The molecule has 0 aromatic carbocycles. The number of ketones is 1. The van der Waals surface area contributed by atoms with E-state index in [2.05, 4.69) is 5.10 Å². The lowest BCUT2D eigenvalue weighted by atomic mass is 10.0. The Bertz CT molecular complexity index is 398. The van der Waals surface area contributed by atoms with Crippen molar-refractivity contribution in [3.05, 3.63) is 18.0 Å². The van der Waals surface area contributed by atoms with Crippen LogP contribution in [0.15, 0.2) is 12.3 Å². The first-order chi connectivity index (χ1) is 7.75. The highest BCUT2D eigenvalue weighted by molar-refractivity contribution is 5.86. The molecule has 2 atom stereocenters. The van der Waals surface area contributed by atoms with Gasteiger partial charge in [0.25, 0.3) is 0 Å². The third kappa shape index (κ3) is 1.68. The summed E-state index contributed by atoms with van der Waals surface area (Å²) in [5, 5.41) is 4.27. The average Bonchev–Trinajstić information content (AvgIpc) is 2.88. The Balaban J connectivity index is 1.62. The normalized spacial score (nSPS) is 32.2. The molecule has 0 bridgehead atoms. The van der Waals surface area contributed by atoms with Crippen LogP contribution in [0.25, 0.3) is 0 Å². The van der Waals surface area contributed by atoms with Gasteiger partial charge in [-0.3, -0.25) is 9.48 Å². The van der Waals surface area contributed by atoms with E-state index in [1.54, 1.807) is 4.68 Å². The van der Waals surface area contributed by atoms with Gasteiger partial charge < -0.3 is 0 Å². The van der Waals surface area contributed by atoms with Gasteiger partial charge in [-0.2, -0.15) is 5.10 Å². The van der Waals surface area contributed by atoms with Gasteiger partial charge in [0.15, 0.2) is 0 Å². The second-order valence-electron chi connectivity index (χ2n) is 5.26. The van der Waals surface area contributed by atoms with E-state index in [-0.39, 0.29) is 0 Å². The van der Waals surface area contributed by atoms with Crippen molar-refractivity contribution in [3.63, 3.8) is 0 Å². The van der Waals surface area contributed by atoms with Crippen molar-refractivity contribution in [2.75, 3.05) is 0 Å². The lowest BCUT2D eigenvalue weighted by molar-refractivity contribution is -0.120. The first-order valence-electron chi connectivity index (χ1n) is 6.27. The maximum absolute atomic E-state index is 12.1. The average molecular weight is 218 g/mol. The van der Waals surface area contributed by atoms with Crippen LogP contribution in [0.1, 0.15) is 31.4 Å². The number of hydrogen-bond acceptors (Lipinski definition) is 2. The molecule has 1 heterocycles. The highest BCUT2D eigenvalue weighted by Gasteiger charge is 2.53. The number of nitrogens with zero attached hydrogens (tertiary/aromatic N) is 2. The molecule has 2 fully saturated rings. The zero-order chi connectivity index (χ0) is 11.1. The number of hydrogen-bond donors (Lipinski definition) is 0. The van der Waals surface area contributed by atoms with Crippen molar-refractivity contribution in [2.45, 2.75) is 32.1 Å². The third-order valence-corrected chi connectivity index (χ3v) is 4.15. The molecular formula is C13H18N2O. The minimum Gasteiger partial charge on any atom is -0.299 e. The Morgan fingerprint density at radius 2 is 2.12 bits per heavy atom. The quantitative estimate of drug-likeness (QED) is 0.777. The summed E-state index contributed by atoms with van der Waals surface area (Å²) in [5.74, 6) is 2.26. The molecule has 3 nitrogen and oxygen atoms in total. The predicted molar refractivity (Wildman–Crippen MR) is 60.9 cm³/mol. The largest absolute Gasteiger partial charge is 0.299 e. The summed E-state index contributed by atoms with van der Waals surface area (Å²) < 4.78 is 1.77. The fraction of sp³-hybridized carbons (Fsp3) is 0.692. The third-order valence-electron chi connectivity index (χ3n) is 4.15. The Morgan fingerprint density at radius 3 is 2.69 bits per heavy atom.